The van der Waals surface area contributed by atoms with Gasteiger partial charge >= 0.3 is 0 Å². The van der Waals surface area contributed by atoms with E-state index in [9.17, 15) is 4.79 Å². The average molecular weight is 260 g/mol. The number of benzene rings is 1. The third kappa shape index (κ3) is 7.55. The molecule has 4 heteroatoms. The maximum absolute atomic E-state index is 11.5. The number of nitrogens with two attached hydrogens (primary N) is 1. The van der Waals surface area contributed by atoms with Crippen LogP contribution in [0.4, 0.5) is 10.5 Å². The standard InChI is InChI=1S/C15H23BNO2/c1-2-3-4-5-6-11-16-15(18)19-12-13-7-9-14(17)10-8-13/h7-10H,2-6,11-12,17H2,1H3. The molecule has 0 atom stereocenters. The van der Waals surface area contributed by atoms with Gasteiger partial charge in [0.25, 0.3) is 7.28 Å². The highest BCUT2D eigenvalue weighted by atomic mass is 16.5. The highest BCUT2D eigenvalue weighted by Gasteiger charge is 2.05. The summed E-state index contributed by atoms with van der Waals surface area (Å²) in [5.41, 5.74) is 7.26. The number of carbonyl (C=O) groups is 1. The number of ether oxygens (including phenoxy) is 1. The topological polar surface area (TPSA) is 52.3 Å². The summed E-state index contributed by atoms with van der Waals surface area (Å²) in [5.74, 6) is -0.229. The van der Waals surface area contributed by atoms with Crippen molar-refractivity contribution in [2.75, 3.05) is 5.73 Å². The second-order valence-electron chi connectivity index (χ2n) is 4.76. The first-order chi connectivity index (χ1) is 9.22. The van der Waals surface area contributed by atoms with E-state index in [4.69, 9.17) is 10.5 Å². The molecule has 1 rings (SSSR count). The molecular weight excluding hydrogens is 237 g/mol. The molecule has 1 aromatic rings. The number of unbranched alkanes of at least 4 members (excludes halogenated alkanes) is 4. The molecule has 0 fully saturated rings. The molecule has 0 unspecified atom stereocenters. The van der Waals surface area contributed by atoms with E-state index in [0.29, 0.717) is 12.3 Å². The SMILES string of the molecule is CCCCCCC[B]C(=O)OCc1ccc(N)cc1. The van der Waals surface area contributed by atoms with Crippen LogP contribution in [0.1, 0.15) is 44.6 Å². The maximum atomic E-state index is 11.5. The molecule has 3 nitrogen and oxygen atoms in total. The Balaban J connectivity index is 2.06. The predicted octanol–water partition coefficient (Wildman–Crippen LogP) is 4.00. The van der Waals surface area contributed by atoms with Gasteiger partial charge in [-0.1, -0.05) is 57.5 Å². The first kappa shape index (κ1) is 15.6. The Labute approximate surface area is 116 Å². The molecule has 0 saturated carbocycles. The van der Waals surface area contributed by atoms with Gasteiger partial charge in [0.1, 0.15) is 6.61 Å². The van der Waals surface area contributed by atoms with Crippen molar-refractivity contribution in [2.45, 2.75) is 52.0 Å². The van der Waals surface area contributed by atoms with Crippen molar-refractivity contribution in [3.8, 4) is 0 Å². The summed E-state index contributed by atoms with van der Waals surface area (Å²) in [5, 5.41) is 0. The van der Waals surface area contributed by atoms with E-state index in [1.165, 1.54) is 25.7 Å². The van der Waals surface area contributed by atoms with Crippen LogP contribution in [0.2, 0.25) is 6.32 Å². The van der Waals surface area contributed by atoms with Crippen molar-refractivity contribution in [1.82, 2.24) is 0 Å². The fraction of sp³-hybridized carbons (Fsp3) is 0.533. The van der Waals surface area contributed by atoms with Crippen LogP contribution in [0.5, 0.6) is 0 Å². The quantitative estimate of drug-likeness (QED) is 0.415. The Morgan fingerprint density at radius 3 is 2.53 bits per heavy atom. The summed E-state index contributed by atoms with van der Waals surface area (Å²) in [4.78, 5) is 11.5. The number of hydrogen-bond acceptors (Lipinski definition) is 3. The molecule has 0 aliphatic carbocycles. The Morgan fingerprint density at radius 1 is 1.16 bits per heavy atom. The summed E-state index contributed by atoms with van der Waals surface area (Å²) >= 11 is 0. The Morgan fingerprint density at radius 2 is 1.84 bits per heavy atom. The fourth-order valence-electron chi connectivity index (χ4n) is 1.80. The van der Waals surface area contributed by atoms with E-state index in [2.05, 4.69) is 6.92 Å². The summed E-state index contributed by atoms with van der Waals surface area (Å²) < 4.78 is 5.16. The lowest BCUT2D eigenvalue weighted by molar-refractivity contribution is 0.166. The van der Waals surface area contributed by atoms with Gasteiger partial charge in [0, 0.05) is 5.69 Å². The second kappa shape index (κ2) is 9.48. The molecule has 2 N–H and O–H groups in total. The van der Waals surface area contributed by atoms with Gasteiger partial charge in [0.2, 0.25) is 5.87 Å². The van der Waals surface area contributed by atoms with E-state index < -0.39 is 0 Å². The molecule has 103 valence electrons. The minimum absolute atomic E-state index is 0.229. The Hall–Kier alpha value is -1.45. The largest absolute Gasteiger partial charge is 0.469 e. The smallest absolute Gasteiger partial charge is 0.261 e. The minimum Gasteiger partial charge on any atom is -0.469 e. The van der Waals surface area contributed by atoms with Crippen LogP contribution in [0.25, 0.3) is 0 Å². The molecule has 0 aliphatic rings. The Kier molecular flexibility index (Phi) is 7.79. The number of hydrogen-bond donors (Lipinski definition) is 1. The lowest BCUT2D eigenvalue weighted by Crippen LogP contribution is -2.11. The lowest BCUT2D eigenvalue weighted by Gasteiger charge is -2.05. The van der Waals surface area contributed by atoms with Crippen LogP contribution >= 0.6 is 0 Å². The first-order valence-corrected chi connectivity index (χ1v) is 7.06. The van der Waals surface area contributed by atoms with Crippen molar-refractivity contribution < 1.29 is 9.53 Å². The normalized spacial score (nSPS) is 10.2. The number of carbonyl (C=O) groups excluding carboxylic acids is 1. The van der Waals surface area contributed by atoms with Crippen molar-refractivity contribution >= 4 is 18.8 Å². The number of nitrogen functional groups attached to an aromatic ring is 1. The van der Waals surface area contributed by atoms with Crippen molar-refractivity contribution in [2.24, 2.45) is 0 Å². The zero-order valence-electron chi connectivity index (χ0n) is 11.7. The highest BCUT2D eigenvalue weighted by molar-refractivity contribution is 6.71. The highest BCUT2D eigenvalue weighted by Crippen LogP contribution is 2.08. The van der Waals surface area contributed by atoms with Crippen molar-refractivity contribution in [1.29, 1.82) is 0 Å². The van der Waals surface area contributed by atoms with E-state index in [-0.39, 0.29) is 5.87 Å². The van der Waals surface area contributed by atoms with E-state index >= 15 is 0 Å². The zero-order valence-corrected chi connectivity index (χ0v) is 11.7. The van der Waals surface area contributed by atoms with Crippen molar-refractivity contribution in [3.63, 3.8) is 0 Å². The number of anilines is 1. The van der Waals surface area contributed by atoms with Gasteiger partial charge in [-0.15, -0.1) is 0 Å². The second-order valence-corrected chi connectivity index (χ2v) is 4.76. The van der Waals surface area contributed by atoms with Crippen LogP contribution in [-0.2, 0) is 11.3 Å². The molecule has 0 aromatic heterocycles. The Bertz CT molecular complexity index is 365. The van der Waals surface area contributed by atoms with Gasteiger partial charge in [0.05, 0.1) is 0 Å². The molecule has 19 heavy (non-hydrogen) atoms. The van der Waals surface area contributed by atoms with E-state index in [1.807, 2.05) is 12.1 Å². The van der Waals surface area contributed by atoms with Gasteiger partial charge in [0.15, 0.2) is 0 Å². The lowest BCUT2D eigenvalue weighted by atomic mass is 9.73. The van der Waals surface area contributed by atoms with Crippen molar-refractivity contribution in [3.05, 3.63) is 29.8 Å². The van der Waals surface area contributed by atoms with Crippen LogP contribution in [0.15, 0.2) is 24.3 Å². The number of rotatable bonds is 9. The van der Waals surface area contributed by atoms with Gasteiger partial charge in [-0.3, -0.25) is 4.79 Å². The molecule has 1 aromatic carbocycles. The van der Waals surface area contributed by atoms with Crippen LogP contribution in [-0.4, -0.2) is 13.1 Å². The van der Waals surface area contributed by atoms with Gasteiger partial charge in [-0.05, 0) is 17.7 Å². The molecule has 0 heterocycles. The van der Waals surface area contributed by atoms with Crippen LogP contribution in [0, 0.1) is 0 Å². The predicted molar refractivity (Wildman–Crippen MR) is 80.4 cm³/mol. The summed E-state index contributed by atoms with van der Waals surface area (Å²) in [6.07, 6.45) is 6.84. The molecule has 0 aliphatic heterocycles. The summed E-state index contributed by atoms with van der Waals surface area (Å²) in [7, 11) is 1.64. The molecule has 1 radical (unpaired) electrons. The maximum Gasteiger partial charge on any atom is 0.261 e. The monoisotopic (exact) mass is 260 g/mol. The summed E-state index contributed by atoms with van der Waals surface area (Å²) in [6, 6.07) is 7.35. The molecule has 0 spiro atoms. The van der Waals surface area contributed by atoms with Crippen LogP contribution in [0.3, 0.4) is 0 Å². The molecular formula is C15H23BNO2. The van der Waals surface area contributed by atoms with E-state index in [0.717, 1.165) is 18.3 Å². The van der Waals surface area contributed by atoms with Gasteiger partial charge < -0.3 is 10.5 Å². The van der Waals surface area contributed by atoms with E-state index in [1.54, 1.807) is 19.4 Å². The molecule has 0 bridgehead atoms. The average Bonchev–Trinajstić information content (AvgIpc) is 2.42. The zero-order chi connectivity index (χ0) is 13.9. The molecule has 0 amide bonds. The molecule has 0 saturated heterocycles. The van der Waals surface area contributed by atoms with Gasteiger partial charge in [-0.25, -0.2) is 0 Å². The minimum atomic E-state index is -0.229. The first-order valence-electron chi connectivity index (χ1n) is 7.06. The van der Waals surface area contributed by atoms with Crippen LogP contribution < -0.4 is 5.73 Å². The third-order valence-electron chi connectivity index (χ3n) is 2.98. The summed E-state index contributed by atoms with van der Waals surface area (Å²) in [6.45, 7) is 2.51. The fourth-order valence-corrected chi connectivity index (χ4v) is 1.80. The van der Waals surface area contributed by atoms with Gasteiger partial charge in [-0.2, -0.15) is 0 Å². The third-order valence-corrected chi connectivity index (χ3v) is 2.98.